The zero-order chi connectivity index (χ0) is 43.6. The SMILES string of the molecule is [2H]C1(N2C(=O)c3cccc(N)c3C2=O)CCC(=O)N(C(=O)OC(C)(C)C)C1=O.[2H]C1(N2C(=O)c3cccc([N+](=O)[O-])c3C2=O)CCC(=O)N(C(=O)OC(C)(C)C)C1=O. The molecule has 0 aliphatic carbocycles. The van der Waals surface area contributed by atoms with Crippen LogP contribution in [0.5, 0.6) is 0 Å². The summed E-state index contributed by atoms with van der Waals surface area (Å²) in [6, 6.07) is 2.51. The number of nitro groups is 1. The number of nitrogen functional groups attached to an aromatic ring is 1. The average Bonchev–Trinajstić information content (AvgIpc) is 3.52. The topological polar surface area (TPSA) is 271 Å². The predicted molar refractivity (Wildman–Crippen MR) is 187 cm³/mol. The average molecular weight is 779 g/mol. The minimum absolute atomic E-state index is 0.0327. The molecule has 56 heavy (non-hydrogen) atoms. The van der Waals surface area contributed by atoms with Gasteiger partial charge in [0, 0.05) is 24.6 Å². The molecule has 0 saturated carbocycles. The van der Waals surface area contributed by atoms with E-state index in [1.165, 1.54) is 45.0 Å². The lowest BCUT2D eigenvalue weighted by Gasteiger charge is -2.34. The van der Waals surface area contributed by atoms with Crippen molar-refractivity contribution in [2.75, 3.05) is 5.73 Å². The van der Waals surface area contributed by atoms with Crippen LogP contribution in [0, 0.1) is 10.1 Å². The van der Waals surface area contributed by atoms with Gasteiger partial charge < -0.3 is 15.2 Å². The zero-order valence-electron chi connectivity index (χ0n) is 32.8. The maximum absolute atomic E-state index is 13.0. The molecular formula is C36H36N6O14. The number of nitrogens with zero attached hydrogens (tertiary/aromatic N) is 5. The Kier molecular flexibility index (Phi) is 9.64. The van der Waals surface area contributed by atoms with Crippen LogP contribution in [0.4, 0.5) is 21.0 Å². The largest absolute Gasteiger partial charge is 0.443 e. The first-order chi connectivity index (χ1) is 26.7. The number of likely N-dealkylation sites (tertiary alicyclic amines) is 2. The van der Waals surface area contributed by atoms with Crippen LogP contribution in [0.15, 0.2) is 36.4 Å². The molecule has 4 heterocycles. The predicted octanol–water partition coefficient (Wildman–Crippen LogP) is 2.96. The number of imide groups is 8. The number of hydrogen-bond donors (Lipinski definition) is 1. The smallest absolute Gasteiger partial charge is 0.424 e. The van der Waals surface area contributed by atoms with Gasteiger partial charge in [0.2, 0.25) is 11.8 Å². The van der Waals surface area contributed by atoms with Crippen molar-refractivity contribution in [3.05, 3.63) is 68.8 Å². The summed E-state index contributed by atoms with van der Waals surface area (Å²) >= 11 is 0. The number of carbonyl (C=O) groups excluding carboxylic acids is 10. The number of anilines is 1. The zero-order valence-corrected chi connectivity index (χ0v) is 30.8. The number of fused-ring (bicyclic) bond motifs is 2. The number of amides is 10. The number of ether oxygens (including phenoxy) is 2. The van der Waals surface area contributed by atoms with Gasteiger partial charge >= 0.3 is 12.2 Å². The number of nitro benzene ring substituents is 1. The van der Waals surface area contributed by atoms with Crippen LogP contribution < -0.4 is 5.73 Å². The maximum atomic E-state index is 13.0. The fourth-order valence-corrected chi connectivity index (χ4v) is 5.99. The van der Waals surface area contributed by atoms with E-state index in [9.17, 15) is 58.1 Å². The van der Waals surface area contributed by atoms with Crippen LogP contribution >= 0.6 is 0 Å². The Labute approximate surface area is 320 Å². The van der Waals surface area contributed by atoms with E-state index < -0.39 is 125 Å². The highest BCUT2D eigenvalue weighted by atomic mass is 16.6. The van der Waals surface area contributed by atoms with Crippen LogP contribution in [0.3, 0.4) is 0 Å². The van der Waals surface area contributed by atoms with E-state index in [1.54, 1.807) is 20.8 Å². The molecule has 0 spiro atoms. The highest BCUT2D eigenvalue weighted by molar-refractivity contribution is 6.27. The molecule has 4 aliphatic heterocycles. The summed E-state index contributed by atoms with van der Waals surface area (Å²) in [6.45, 7) is 9.14. The van der Waals surface area contributed by atoms with Gasteiger partial charge in [-0.1, -0.05) is 12.1 Å². The van der Waals surface area contributed by atoms with Gasteiger partial charge in [0.05, 0.1) is 24.4 Å². The van der Waals surface area contributed by atoms with Crippen molar-refractivity contribution in [3.63, 3.8) is 0 Å². The normalized spacial score (nSPS) is 23.0. The summed E-state index contributed by atoms with van der Waals surface area (Å²) in [5, 5.41) is 11.3. The first-order valence-corrected chi connectivity index (χ1v) is 16.8. The Hall–Kier alpha value is -6.86. The fraction of sp³-hybridized carbons (Fsp3) is 0.389. The summed E-state index contributed by atoms with van der Waals surface area (Å²) in [5.74, 6) is -8.67. The molecule has 20 nitrogen and oxygen atoms in total. The Morgan fingerprint density at radius 2 is 1.09 bits per heavy atom. The van der Waals surface area contributed by atoms with Gasteiger partial charge in [0.15, 0.2) is 0 Å². The molecule has 2 aromatic rings. The second-order valence-corrected chi connectivity index (χ2v) is 14.5. The van der Waals surface area contributed by atoms with Crippen molar-refractivity contribution in [1.29, 1.82) is 0 Å². The van der Waals surface area contributed by atoms with Gasteiger partial charge in [-0.05, 0) is 72.6 Å². The van der Waals surface area contributed by atoms with Gasteiger partial charge in [0.1, 0.15) is 28.8 Å². The van der Waals surface area contributed by atoms with Crippen molar-refractivity contribution >= 4 is 70.8 Å². The van der Waals surface area contributed by atoms with E-state index in [4.69, 9.17) is 17.9 Å². The van der Waals surface area contributed by atoms with Crippen molar-refractivity contribution in [2.45, 2.75) is 90.5 Å². The van der Waals surface area contributed by atoms with E-state index in [0.717, 1.165) is 12.1 Å². The number of piperidine rings is 2. The molecule has 20 heteroatoms. The molecule has 0 bridgehead atoms. The molecule has 2 N–H and O–H groups in total. The molecular weight excluding hydrogens is 740 g/mol. The van der Waals surface area contributed by atoms with Crippen LogP contribution in [0.25, 0.3) is 0 Å². The molecule has 0 radical (unpaired) electrons. The maximum Gasteiger partial charge on any atom is 0.424 e. The minimum Gasteiger partial charge on any atom is -0.443 e. The van der Waals surface area contributed by atoms with Gasteiger partial charge in [-0.3, -0.25) is 58.3 Å². The Bertz CT molecular complexity index is 2280. The van der Waals surface area contributed by atoms with E-state index in [2.05, 4.69) is 0 Å². The molecule has 2 atom stereocenters. The number of nitrogens with two attached hydrogens (primary N) is 1. The Balaban J connectivity index is 0.000000221. The minimum atomic E-state index is -2.65. The van der Waals surface area contributed by atoms with E-state index >= 15 is 0 Å². The second-order valence-electron chi connectivity index (χ2n) is 14.5. The quantitative estimate of drug-likeness (QED) is 0.203. The monoisotopic (exact) mass is 778 g/mol. The standard InChI is InChI=1S/C18H17N3O8.C18H19N3O6/c1-18(2,3)29-17(26)20-12(22)8-7-11(15(20)24)19-14(23)9-5-4-6-10(21(27)28)13(9)16(19)25;1-18(2,3)27-17(26)21-12(22)8-7-11(15(21)24)20-14(23)9-5-4-6-10(19)13(9)16(20)25/h4-6,11H,7-8H2,1-3H3;4-6,11H,7-8,19H2,1-3H3/i2*11D. The van der Waals surface area contributed by atoms with Gasteiger partial charge in [-0.15, -0.1) is 0 Å². The lowest BCUT2D eigenvalue weighted by molar-refractivity contribution is -0.385. The molecule has 6 rings (SSSR count). The summed E-state index contributed by atoms with van der Waals surface area (Å²) in [4.78, 5) is 138. The lowest BCUT2D eigenvalue weighted by atomic mass is 10.0. The highest BCUT2D eigenvalue weighted by Gasteiger charge is 2.52. The van der Waals surface area contributed by atoms with Gasteiger partial charge in [-0.25, -0.2) is 9.59 Å². The van der Waals surface area contributed by atoms with Gasteiger partial charge in [0.25, 0.3) is 41.1 Å². The molecule has 294 valence electrons. The first-order valence-electron chi connectivity index (χ1n) is 17.8. The summed E-state index contributed by atoms with van der Waals surface area (Å²) < 4.78 is 27.2. The molecule has 2 aromatic carbocycles. The summed E-state index contributed by atoms with van der Waals surface area (Å²) in [7, 11) is 0. The molecule has 4 aliphatic rings. The van der Waals surface area contributed by atoms with E-state index in [0.29, 0.717) is 4.90 Å². The first kappa shape index (κ1) is 37.5. The Morgan fingerprint density at radius 1 is 0.696 bits per heavy atom. The Morgan fingerprint density at radius 3 is 1.48 bits per heavy atom. The van der Waals surface area contributed by atoms with Crippen molar-refractivity contribution in [1.82, 2.24) is 19.6 Å². The second kappa shape index (κ2) is 14.4. The van der Waals surface area contributed by atoms with Crippen molar-refractivity contribution in [2.24, 2.45) is 0 Å². The molecule has 10 amide bonds. The van der Waals surface area contributed by atoms with Crippen LogP contribution in [-0.2, 0) is 28.7 Å². The number of benzene rings is 2. The van der Waals surface area contributed by atoms with E-state index in [1.807, 2.05) is 0 Å². The number of carbonyl (C=O) groups is 10. The number of hydrogen-bond acceptors (Lipinski definition) is 15. The number of rotatable bonds is 3. The fourth-order valence-electron chi connectivity index (χ4n) is 5.99. The molecule has 0 aromatic heterocycles. The molecule has 2 fully saturated rings. The third kappa shape index (κ3) is 7.31. The van der Waals surface area contributed by atoms with Crippen LogP contribution in [-0.4, -0.2) is 107 Å². The third-order valence-corrected chi connectivity index (χ3v) is 8.28. The van der Waals surface area contributed by atoms with Crippen LogP contribution in [0.1, 0.15) is 111 Å². The van der Waals surface area contributed by atoms with E-state index in [-0.39, 0.29) is 37.1 Å². The molecule has 2 saturated heterocycles. The van der Waals surface area contributed by atoms with Crippen molar-refractivity contribution in [3.8, 4) is 0 Å². The third-order valence-electron chi connectivity index (χ3n) is 8.28. The van der Waals surface area contributed by atoms with Crippen molar-refractivity contribution < 1.29 is 65.1 Å². The molecule has 2 unspecified atom stereocenters. The van der Waals surface area contributed by atoms with Crippen LogP contribution in [0.2, 0.25) is 0 Å². The van der Waals surface area contributed by atoms with Gasteiger partial charge in [-0.2, -0.15) is 9.80 Å². The highest BCUT2D eigenvalue weighted by Crippen LogP contribution is 2.35. The summed E-state index contributed by atoms with van der Waals surface area (Å²) in [5.41, 5.74) is 2.07. The lowest BCUT2D eigenvalue weighted by Crippen LogP contribution is -2.58. The summed E-state index contributed by atoms with van der Waals surface area (Å²) in [6.07, 6.45) is -4.48.